The molecule has 0 radical (unpaired) electrons. The van der Waals surface area contributed by atoms with Crippen molar-refractivity contribution in [1.82, 2.24) is 15.2 Å². The minimum absolute atomic E-state index is 0.163. The van der Waals surface area contributed by atoms with Crippen molar-refractivity contribution < 1.29 is 14.3 Å². The zero-order valence-electron chi connectivity index (χ0n) is 9.43. The molecular formula is C11H11N3O3. The van der Waals surface area contributed by atoms with Crippen molar-refractivity contribution in [2.75, 3.05) is 14.2 Å². The van der Waals surface area contributed by atoms with Crippen LogP contribution in [-0.2, 0) is 0 Å². The summed E-state index contributed by atoms with van der Waals surface area (Å²) in [6, 6.07) is 4.99. The number of methoxy groups -OCH3 is 2. The summed E-state index contributed by atoms with van der Waals surface area (Å²) < 4.78 is 10.2. The lowest BCUT2D eigenvalue weighted by Gasteiger charge is -2.08. The molecule has 1 heterocycles. The van der Waals surface area contributed by atoms with Crippen molar-refractivity contribution in [2.45, 2.75) is 0 Å². The first-order chi connectivity index (χ1) is 8.26. The van der Waals surface area contributed by atoms with Crippen LogP contribution in [0.15, 0.2) is 24.5 Å². The Hall–Kier alpha value is -2.37. The number of H-pyrrole nitrogens is 1. The van der Waals surface area contributed by atoms with Crippen LogP contribution in [0.1, 0.15) is 16.2 Å². The van der Waals surface area contributed by atoms with E-state index in [1.165, 1.54) is 20.5 Å². The molecular weight excluding hydrogens is 222 g/mol. The second kappa shape index (κ2) is 4.65. The molecule has 0 aliphatic heterocycles. The molecule has 88 valence electrons. The van der Waals surface area contributed by atoms with Gasteiger partial charge in [-0.05, 0) is 18.2 Å². The third-order valence-electron chi connectivity index (χ3n) is 2.28. The Morgan fingerprint density at radius 3 is 2.71 bits per heavy atom. The van der Waals surface area contributed by atoms with Gasteiger partial charge in [0, 0.05) is 0 Å². The summed E-state index contributed by atoms with van der Waals surface area (Å²) in [5.41, 5.74) is 0.378. The summed E-state index contributed by atoms with van der Waals surface area (Å²) in [6.07, 6.45) is 1.28. The SMILES string of the molecule is COc1ccc(OC)c(C(=O)c2ncn[nH]2)c1. The van der Waals surface area contributed by atoms with Crippen LogP contribution in [0, 0.1) is 0 Å². The number of ketones is 1. The molecule has 17 heavy (non-hydrogen) atoms. The van der Waals surface area contributed by atoms with Crippen LogP contribution >= 0.6 is 0 Å². The summed E-state index contributed by atoms with van der Waals surface area (Å²) in [5.74, 6) is 0.913. The summed E-state index contributed by atoms with van der Waals surface area (Å²) in [4.78, 5) is 15.9. The average Bonchev–Trinajstić information content (AvgIpc) is 2.91. The summed E-state index contributed by atoms with van der Waals surface area (Å²) in [5, 5.41) is 6.15. The summed E-state index contributed by atoms with van der Waals surface area (Å²) in [6.45, 7) is 0. The number of carbonyl (C=O) groups excluding carboxylic acids is 1. The minimum Gasteiger partial charge on any atom is -0.497 e. The van der Waals surface area contributed by atoms with Gasteiger partial charge in [-0.2, -0.15) is 5.10 Å². The standard InChI is InChI=1S/C11H11N3O3/c1-16-7-3-4-9(17-2)8(5-7)10(15)11-12-6-13-14-11/h3-6H,1-2H3,(H,12,13,14). The average molecular weight is 233 g/mol. The molecule has 1 aromatic heterocycles. The van der Waals surface area contributed by atoms with E-state index in [1.54, 1.807) is 18.2 Å². The molecule has 2 aromatic rings. The predicted molar refractivity (Wildman–Crippen MR) is 59.4 cm³/mol. The monoisotopic (exact) mass is 233 g/mol. The van der Waals surface area contributed by atoms with Gasteiger partial charge in [-0.15, -0.1) is 0 Å². The van der Waals surface area contributed by atoms with Gasteiger partial charge in [-0.3, -0.25) is 9.89 Å². The third kappa shape index (κ3) is 2.10. The molecule has 1 aromatic carbocycles. The number of carbonyl (C=O) groups is 1. The molecule has 0 fully saturated rings. The Balaban J connectivity index is 2.45. The molecule has 0 atom stereocenters. The molecule has 6 heteroatoms. The van der Waals surface area contributed by atoms with Crippen LogP contribution in [0.2, 0.25) is 0 Å². The highest BCUT2D eigenvalue weighted by Gasteiger charge is 2.17. The predicted octanol–water partition coefficient (Wildman–Crippen LogP) is 1.05. The lowest BCUT2D eigenvalue weighted by atomic mass is 10.1. The van der Waals surface area contributed by atoms with Crippen LogP contribution in [0.5, 0.6) is 11.5 Å². The smallest absolute Gasteiger partial charge is 0.233 e. The summed E-state index contributed by atoms with van der Waals surface area (Å²) >= 11 is 0. The van der Waals surface area contributed by atoms with Gasteiger partial charge in [-0.1, -0.05) is 0 Å². The summed E-state index contributed by atoms with van der Waals surface area (Å²) in [7, 11) is 3.03. The zero-order valence-corrected chi connectivity index (χ0v) is 9.43. The lowest BCUT2D eigenvalue weighted by molar-refractivity contribution is 0.102. The quantitative estimate of drug-likeness (QED) is 0.799. The number of nitrogens with zero attached hydrogens (tertiary/aromatic N) is 2. The molecule has 0 spiro atoms. The van der Waals surface area contributed by atoms with Crippen molar-refractivity contribution in [3.63, 3.8) is 0 Å². The largest absolute Gasteiger partial charge is 0.497 e. The Kier molecular flexibility index (Phi) is 3.04. The Morgan fingerprint density at radius 1 is 1.29 bits per heavy atom. The number of aromatic amines is 1. The molecule has 1 N–H and O–H groups in total. The Labute approximate surface area is 97.6 Å². The first-order valence-corrected chi connectivity index (χ1v) is 4.88. The molecule has 6 nitrogen and oxygen atoms in total. The maximum Gasteiger partial charge on any atom is 0.233 e. The lowest BCUT2D eigenvalue weighted by Crippen LogP contribution is -2.06. The fourth-order valence-corrected chi connectivity index (χ4v) is 1.43. The number of nitrogens with one attached hydrogen (secondary N) is 1. The first-order valence-electron chi connectivity index (χ1n) is 4.88. The van der Waals surface area contributed by atoms with Crippen molar-refractivity contribution >= 4 is 5.78 Å². The highest BCUT2D eigenvalue weighted by atomic mass is 16.5. The van der Waals surface area contributed by atoms with Crippen LogP contribution in [0.3, 0.4) is 0 Å². The van der Waals surface area contributed by atoms with Crippen LogP contribution in [0.4, 0.5) is 0 Å². The first kappa shape index (κ1) is 11.1. The maximum absolute atomic E-state index is 12.1. The van der Waals surface area contributed by atoms with Crippen molar-refractivity contribution in [1.29, 1.82) is 0 Å². The fourth-order valence-electron chi connectivity index (χ4n) is 1.43. The number of benzene rings is 1. The van der Waals surface area contributed by atoms with Crippen molar-refractivity contribution in [3.05, 3.63) is 35.9 Å². The minimum atomic E-state index is -0.293. The number of hydrogen-bond donors (Lipinski definition) is 1. The van der Waals surface area contributed by atoms with Crippen LogP contribution < -0.4 is 9.47 Å². The van der Waals surface area contributed by atoms with Gasteiger partial charge < -0.3 is 9.47 Å². The van der Waals surface area contributed by atoms with E-state index in [4.69, 9.17) is 9.47 Å². The number of hydrogen-bond acceptors (Lipinski definition) is 5. The molecule has 0 saturated heterocycles. The van der Waals surface area contributed by atoms with E-state index in [-0.39, 0.29) is 11.6 Å². The van der Waals surface area contributed by atoms with Gasteiger partial charge in [0.05, 0.1) is 19.8 Å². The number of rotatable bonds is 4. The molecule has 0 bridgehead atoms. The van der Waals surface area contributed by atoms with Crippen molar-refractivity contribution in [2.24, 2.45) is 0 Å². The molecule has 0 unspecified atom stereocenters. The van der Waals surface area contributed by atoms with Gasteiger partial charge in [0.25, 0.3) is 0 Å². The number of ether oxygens (including phenoxy) is 2. The molecule has 0 amide bonds. The zero-order chi connectivity index (χ0) is 12.3. The second-order valence-electron chi connectivity index (χ2n) is 3.23. The van der Waals surface area contributed by atoms with Gasteiger partial charge in [-0.25, -0.2) is 4.98 Å². The molecule has 0 aliphatic rings. The van der Waals surface area contributed by atoms with E-state index >= 15 is 0 Å². The van der Waals surface area contributed by atoms with Gasteiger partial charge in [0.2, 0.25) is 5.78 Å². The molecule has 0 aliphatic carbocycles. The molecule has 0 saturated carbocycles. The molecule has 2 rings (SSSR count). The van der Waals surface area contributed by atoms with Gasteiger partial charge in [0.1, 0.15) is 17.8 Å². The maximum atomic E-state index is 12.1. The highest BCUT2D eigenvalue weighted by Crippen LogP contribution is 2.25. The van der Waals surface area contributed by atoms with Crippen molar-refractivity contribution in [3.8, 4) is 11.5 Å². The van der Waals surface area contributed by atoms with E-state index in [2.05, 4.69) is 15.2 Å². The van der Waals surface area contributed by atoms with Crippen LogP contribution in [0.25, 0.3) is 0 Å². The number of aromatic nitrogens is 3. The fraction of sp³-hybridized carbons (Fsp3) is 0.182. The van der Waals surface area contributed by atoms with Crippen LogP contribution in [-0.4, -0.2) is 35.2 Å². The van der Waals surface area contributed by atoms with E-state index < -0.39 is 0 Å². The Bertz CT molecular complexity index is 523. The third-order valence-corrected chi connectivity index (χ3v) is 2.28. The van der Waals surface area contributed by atoms with E-state index in [0.717, 1.165) is 0 Å². The Morgan fingerprint density at radius 2 is 2.12 bits per heavy atom. The second-order valence-corrected chi connectivity index (χ2v) is 3.23. The highest BCUT2D eigenvalue weighted by molar-refractivity contribution is 6.08. The normalized spacial score (nSPS) is 10.0. The van der Waals surface area contributed by atoms with E-state index in [1.807, 2.05) is 0 Å². The van der Waals surface area contributed by atoms with E-state index in [0.29, 0.717) is 17.1 Å². The van der Waals surface area contributed by atoms with Gasteiger partial charge in [0.15, 0.2) is 5.82 Å². The topological polar surface area (TPSA) is 77.1 Å². The van der Waals surface area contributed by atoms with Gasteiger partial charge >= 0.3 is 0 Å². The van der Waals surface area contributed by atoms with E-state index in [9.17, 15) is 4.79 Å².